The van der Waals surface area contributed by atoms with Crippen molar-refractivity contribution in [1.29, 1.82) is 0 Å². The molecular weight excluding hydrogens is 242 g/mol. The summed E-state index contributed by atoms with van der Waals surface area (Å²) < 4.78 is 0. The van der Waals surface area contributed by atoms with Crippen molar-refractivity contribution in [3.05, 3.63) is 48.6 Å². The smallest absolute Gasteiger partial charge is 0.326 e. The fourth-order valence-electron chi connectivity index (χ4n) is 1.71. The molecule has 0 fully saturated rings. The minimum atomic E-state index is -1.00. The highest BCUT2D eigenvalue weighted by Crippen LogP contribution is 2.04. The number of carbonyl (C=O) groups is 2. The molecule has 0 heterocycles. The Balaban J connectivity index is 2.40. The lowest BCUT2D eigenvalue weighted by molar-refractivity contribution is -0.142. The molecule has 4 nitrogen and oxygen atoms in total. The maximum atomic E-state index is 11.7. The van der Waals surface area contributed by atoms with Gasteiger partial charge in [0.2, 0.25) is 5.91 Å². The Morgan fingerprint density at radius 1 is 1.32 bits per heavy atom. The van der Waals surface area contributed by atoms with E-state index in [9.17, 15) is 9.59 Å². The molecule has 0 spiro atoms. The van der Waals surface area contributed by atoms with Gasteiger partial charge in [0, 0.05) is 6.42 Å². The topological polar surface area (TPSA) is 66.4 Å². The largest absolute Gasteiger partial charge is 0.480 e. The van der Waals surface area contributed by atoms with Crippen molar-refractivity contribution >= 4 is 11.9 Å². The SMILES string of the molecule is C=CCC[C@H](NC(=O)CCc1ccccc1)C(=O)O. The van der Waals surface area contributed by atoms with E-state index in [-0.39, 0.29) is 5.91 Å². The molecule has 1 atom stereocenters. The summed E-state index contributed by atoms with van der Waals surface area (Å²) in [5.74, 6) is -1.24. The van der Waals surface area contributed by atoms with Crippen LogP contribution in [0.25, 0.3) is 0 Å². The predicted octanol–water partition coefficient (Wildman–Crippen LogP) is 2.15. The van der Waals surface area contributed by atoms with Crippen LogP contribution in [0.4, 0.5) is 0 Å². The van der Waals surface area contributed by atoms with Crippen molar-refractivity contribution in [2.24, 2.45) is 0 Å². The Morgan fingerprint density at radius 3 is 2.58 bits per heavy atom. The van der Waals surface area contributed by atoms with Gasteiger partial charge in [-0.05, 0) is 24.8 Å². The highest BCUT2D eigenvalue weighted by atomic mass is 16.4. The zero-order chi connectivity index (χ0) is 14.1. The fourth-order valence-corrected chi connectivity index (χ4v) is 1.71. The summed E-state index contributed by atoms with van der Waals surface area (Å²) in [5.41, 5.74) is 1.07. The molecule has 0 unspecified atom stereocenters. The van der Waals surface area contributed by atoms with Gasteiger partial charge in [-0.3, -0.25) is 4.79 Å². The van der Waals surface area contributed by atoms with Crippen LogP contribution in [0.15, 0.2) is 43.0 Å². The normalized spacial score (nSPS) is 11.6. The molecule has 0 bridgehead atoms. The first kappa shape index (κ1) is 15.0. The zero-order valence-electron chi connectivity index (χ0n) is 10.8. The summed E-state index contributed by atoms with van der Waals surface area (Å²) in [5, 5.41) is 11.5. The Morgan fingerprint density at radius 2 is 2.00 bits per heavy atom. The maximum absolute atomic E-state index is 11.7. The van der Waals surface area contributed by atoms with Crippen LogP contribution in [0.5, 0.6) is 0 Å². The Bertz CT molecular complexity index is 428. The molecule has 0 aromatic heterocycles. The molecule has 0 saturated heterocycles. The van der Waals surface area contributed by atoms with Crippen LogP contribution in [0.1, 0.15) is 24.8 Å². The van der Waals surface area contributed by atoms with Gasteiger partial charge < -0.3 is 10.4 Å². The predicted molar refractivity (Wildman–Crippen MR) is 73.8 cm³/mol. The first-order chi connectivity index (χ1) is 9.13. The van der Waals surface area contributed by atoms with E-state index in [4.69, 9.17) is 5.11 Å². The van der Waals surface area contributed by atoms with Crippen LogP contribution in [0.3, 0.4) is 0 Å². The standard InChI is InChI=1S/C15H19NO3/c1-2-3-9-13(15(18)19)16-14(17)11-10-12-7-5-4-6-8-12/h2,4-8,13H,1,3,9-11H2,(H,16,17)(H,18,19)/t13-/m0/s1. The molecule has 0 aliphatic heterocycles. The number of amides is 1. The third-order valence-electron chi connectivity index (χ3n) is 2.78. The number of carboxylic acids is 1. The lowest BCUT2D eigenvalue weighted by Gasteiger charge is -2.13. The average molecular weight is 261 g/mol. The van der Waals surface area contributed by atoms with Crippen molar-refractivity contribution in [2.45, 2.75) is 31.7 Å². The van der Waals surface area contributed by atoms with Crippen molar-refractivity contribution in [2.75, 3.05) is 0 Å². The molecule has 19 heavy (non-hydrogen) atoms. The maximum Gasteiger partial charge on any atom is 0.326 e. The first-order valence-corrected chi connectivity index (χ1v) is 6.30. The number of allylic oxidation sites excluding steroid dienone is 1. The highest BCUT2D eigenvalue weighted by Gasteiger charge is 2.18. The van der Waals surface area contributed by atoms with Gasteiger partial charge in [0.1, 0.15) is 6.04 Å². The number of rotatable bonds is 8. The van der Waals surface area contributed by atoms with E-state index in [1.54, 1.807) is 6.08 Å². The molecule has 1 amide bonds. The first-order valence-electron chi connectivity index (χ1n) is 6.30. The number of hydrogen-bond donors (Lipinski definition) is 2. The number of benzene rings is 1. The molecule has 2 N–H and O–H groups in total. The van der Waals surface area contributed by atoms with E-state index in [0.717, 1.165) is 5.56 Å². The number of carbonyl (C=O) groups excluding carboxylic acids is 1. The van der Waals surface area contributed by atoms with Gasteiger partial charge in [0.05, 0.1) is 0 Å². The summed E-state index contributed by atoms with van der Waals surface area (Å²) in [7, 11) is 0. The van der Waals surface area contributed by atoms with Crippen LogP contribution in [-0.2, 0) is 16.0 Å². The van der Waals surface area contributed by atoms with Gasteiger partial charge in [-0.25, -0.2) is 4.79 Å². The molecule has 0 radical (unpaired) electrons. The van der Waals surface area contributed by atoms with Gasteiger partial charge in [0.15, 0.2) is 0 Å². The summed E-state index contributed by atoms with van der Waals surface area (Å²) >= 11 is 0. The molecule has 102 valence electrons. The minimum Gasteiger partial charge on any atom is -0.480 e. The fraction of sp³-hybridized carbons (Fsp3) is 0.333. The molecule has 4 heteroatoms. The number of carboxylic acid groups (broad SMARTS) is 1. The zero-order valence-corrected chi connectivity index (χ0v) is 10.8. The van der Waals surface area contributed by atoms with Crippen LogP contribution in [-0.4, -0.2) is 23.0 Å². The van der Waals surface area contributed by atoms with Crippen LogP contribution < -0.4 is 5.32 Å². The summed E-state index contributed by atoms with van der Waals surface area (Å²) in [4.78, 5) is 22.7. The van der Waals surface area contributed by atoms with E-state index < -0.39 is 12.0 Å². The average Bonchev–Trinajstić information content (AvgIpc) is 2.42. The second-order valence-electron chi connectivity index (χ2n) is 4.31. The number of aryl methyl sites for hydroxylation is 1. The van der Waals surface area contributed by atoms with Crippen LogP contribution in [0.2, 0.25) is 0 Å². The van der Waals surface area contributed by atoms with Gasteiger partial charge in [-0.15, -0.1) is 6.58 Å². The van der Waals surface area contributed by atoms with E-state index in [2.05, 4.69) is 11.9 Å². The van der Waals surface area contributed by atoms with Crippen molar-refractivity contribution < 1.29 is 14.7 Å². The van der Waals surface area contributed by atoms with E-state index in [1.807, 2.05) is 30.3 Å². The van der Waals surface area contributed by atoms with Crippen molar-refractivity contribution in [1.82, 2.24) is 5.32 Å². The molecule has 0 aliphatic rings. The molecule has 0 aliphatic carbocycles. The van der Waals surface area contributed by atoms with E-state index in [0.29, 0.717) is 25.7 Å². The van der Waals surface area contributed by atoms with Crippen LogP contribution >= 0.6 is 0 Å². The molecule has 1 aromatic rings. The van der Waals surface area contributed by atoms with Gasteiger partial charge in [-0.1, -0.05) is 36.4 Å². The van der Waals surface area contributed by atoms with Crippen LogP contribution in [0, 0.1) is 0 Å². The number of nitrogens with one attached hydrogen (secondary N) is 1. The number of hydrogen-bond acceptors (Lipinski definition) is 2. The third-order valence-corrected chi connectivity index (χ3v) is 2.78. The third kappa shape index (κ3) is 5.86. The summed E-state index contributed by atoms with van der Waals surface area (Å²) in [6.45, 7) is 3.54. The minimum absolute atomic E-state index is 0.236. The van der Waals surface area contributed by atoms with E-state index in [1.165, 1.54) is 0 Å². The summed E-state index contributed by atoms with van der Waals surface area (Å²) in [6, 6.07) is 8.80. The Kier molecular flexibility index (Phi) is 6.36. The lowest BCUT2D eigenvalue weighted by Crippen LogP contribution is -2.40. The monoisotopic (exact) mass is 261 g/mol. The molecule has 1 rings (SSSR count). The van der Waals surface area contributed by atoms with Crippen molar-refractivity contribution in [3.63, 3.8) is 0 Å². The quantitative estimate of drug-likeness (QED) is 0.705. The lowest BCUT2D eigenvalue weighted by atomic mass is 10.1. The van der Waals surface area contributed by atoms with Gasteiger partial charge >= 0.3 is 5.97 Å². The number of aliphatic carboxylic acids is 1. The Hall–Kier alpha value is -2.10. The van der Waals surface area contributed by atoms with Crippen molar-refractivity contribution in [3.8, 4) is 0 Å². The molecule has 0 saturated carbocycles. The van der Waals surface area contributed by atoms with Gasteiger partial charge in [0.25, 0.3) is 0 Å². The van der Waals surface area contributed by atoms with E-state index >= 15 is 0 Å². The second kappa shape index (κ2) is 8.08. The Labute approximate surface area is 113 Å². The second-order valence-corrected chi connectivity index (χ2v) is 4.31. The molecule has 1 aromatic carbocycles. The summed E-state index contributed by atoms with van der Waals surface area (Å²) in [6.07, 6.45) is 3.49. The van der Waals surface area contributed by atoms with Gasteiger partial charge in [-0.2, -0.15) is 0 Å². The molecular formula is C15H19NO3. The highest BCUT2D eigenvalue weighted by molar-refractivity contribution is 5.83.